The molecule has 0 bridgehead atoms. The minimum absolute atomic E-state index is 0.333. The lowest BCUT2D eigenvalue weighted by Gasteiger charge is -2.08. The van der Waals surface area contributed by atoms with Gasteiger partial charge in [0.15, 0.2) is 6.61 Å². The van der Waals surface area contributed by atoms with Crippen LogP contribution in [0.25, 0.3) is 22.3 Å². The molecule has 0 atom stereocenters. The van der Waals surface area contributed by atoms with Crippen LogP contribution in [0.4, 0.5) is 0 Å². The minimum atomic E-state index is -0.982. The van der Waals surface area contributed by atoms with Crippen LogP contribution in [0.15, 0.2) is 90.3 Å². The first-order valence-electron chi connectivity index (χ1n) is 9.35. The number of carboxylic acid groups (broad SMARTS) is 1. The van der Waals surface area contributed by atoms with E-state index in [2.05, 4.69) is 60.0 Å². The fraction of sp³-hybridized carbons (Fsp3) is 0.0800. The fourth-order valence-electron chi connectivity index (χ4n) is 3.25. The molecule has 29 heavy (non-hydrogen) atoms. The Morgan fingerprint density at radius 2 is 1.41 bits per heavy atom. The number of thiophene rings is 1. The minimum Gasteiger partial charge on any atom is -0.482 e. The molecule has 0 aliphatic heterocycles. The van der Waals surface area contributed by atoms with E-state index in [-0.39, 0.29) is 6.61 Å². The largest absolute Gasteiger partial charge is 0.482 e. The Kier molecular flexibility index (Phi) is 5.73. The van der Waals surface area contributed by atoms with Crippen LogP contribution in [0.1, 0.15) is 10.4 Å². The van der Waals surface area contributed by atoms with E-state index in [1.807, 2.05) is 18.2 Å². The molecule has 0 aliphatic rings. The summed E-state index contributed by atoms with van der Waals surface area (Å²) >= 11 is 1.79. The van der Waals surface area contributed by atoms with Crippen molar-refractivity contribution in [1.82, 2.24) is 0 Å². The number of rotatable bonds is 7. The SMILES string of the molecule is O=C(O)COc1ccc(-c2ccc(-c3ccsc3Cc3ccccc3)cc2)cc1. The van der Waals surface area contributed by atoms with E-state index < -0.39 is 5.97 Å². The van der Waals surface area contributed by atoms with Gasteiger partial charge in [-0.2, -0.15) is 0 Å². The summed E-state index contributed by atoms with van der Waals surface area (Å²) in [5.74, 6) is -0.429. The van der Waals surface area contributed by atoms with E-state index >= 15 is 0 Å². The summed E-state index contributed by atoms with van der Waals surface area (Å²) in [7, 11) is 0. The molecule has 0 amide bonds. The van der Waals surface area contributed by atoms with Crippen molar-refractivity contribution < 1.29 is 14.6 Å². The summed E-state index contributed by atoms with van der Waals surface area (Å²) < 4.78 is 5.19. The zero-order chi connectivity index (χ0) is 20.1. The van der Waals surface area contributed by atoms with Gasteiger partial charge in [-0.15, -0.1) is 11.3 Å². The zero-order valence-corrected chi connectivity index (χ0v) is 16.6. The van der Waals surface area contributed by atoms with Crippen molar-refractivity contribution in [2.24, 2.45) is 0 Å². The number of carboxylic acids is 1. The van der Waals surface area contributed by atoms with Crippen molar-refractivity contribution in [2.75, 3.05) is 6.61 Å². The van der Waals surface area contributed by atoms with E-state index in [9.17, 15) is 4.79 Å². The van der Waals surface area contributed by atoms with Crippen LogP contribution in [0, 0.1) is 0 Å². The lowest BCUT2D eigenvalue weighted by molar-refractivity contribution is -0.139. The molecular formula is C25H20O3S. The zero-order valence-electron chi connectivity index (χ0n) is 15.7. The second kappa shape index (κ2) is 8.76. The normalized spacial score (nSPS) is 10.6. The van der Waals surface area contributed by atoms with Crippen LogP contribution in [-0.2, 0) is 11.2 Å². The van der Waals surface area contributed by atoms with Crippen LogP contribution in [0.5, 0.6) is 5.75 Å². The maximum absolute atomic E-state index is 10.6. The second-order valence-corrected chi connectivity index (χ2v) is 7.70. The topological polar surface area (TPSA) is 46.5 Å². The number of ether oxygens (including phenoxy) is 1. The number of carbonyl (C=O) groups is 1. The first-order chi connectivity index (χ1) is 14.2. The summed E-state index contributed by atoms with van der Waals surface area (Å²) in [5.41, 5.74) is 5.98. The molecule has 0 fully saturated rings. The van der Waals surface area contributed by atoms with Gasteiger partial charge in [0, 0.05) is 11.3 Å². The molecule has 1 N–H and O–H groups in total. The number of aliphatic carboxylic acids is 1. The average molecular weight is 400 g/mol. The molecule has 0 aliphatic carbocycles. The lowest BCUT2D eigenvalue weighted by atomic mass is 9.99. The van der Waals surface area contributed by atoms with E-state index in [4.69, 9.17) is 9.84 Å². The molecule has 1 heterocycles. The highest BCUT2D eigenvalue weighted by Gasteiger charge is 2.08. The fourth-order valence-corrected chi connectivity index (χ4v) is 4.18. The van der Waals surface area contributed by atoms with Gasteiger partial charge in [-0.3, -0.25) is 0 Å². The van der Waals surface area contributed by atoms with Gasteiger partial charge >= 0.3 is 5.97 Å². The van der Waals surface area contributed by atoms with Gasteiger partial charge in [-0.1, -0.05) is 66.7 Å². The monoisotopic (exact) mass is 400 g/mol. The number of hydrogen-bond acceptors (Lipinski definition) is 3. The van der Waals surface area contributed by atoms with Gasteiger partial charge in [-0.05, 0) is 51.4 Å². The van der Waals surface area contributed by atoms with Gasteiger partial charge in [0.05, 0.1) is 0 Å². The molecule has 4 aromatic rings. The third-order valence-corrected chi connectivity index (χ3v) is 5.62. The molecule has 0 spiro atoms. The van der Waals surface area contributed by atoms with Gasteiger partial charge < -0.3 is 9.84 Å². The highest BCUT2D eigenvalue weighted by molar-refractivity contribution is 7.10. The Balaban J connectivity index is 1.50. The van der Waals surface area contributed by atoms with Crippen molar-refractivity contribution >= 4 is 17.3 Å². The van der Waals surface area contributed by atoms with Crippen LogP contribution in [0.3, 0.4) is 0 Å². The van der Waals surface area contributed by atoms with E-state index in [1.165, 1.54) is 21.6 Å². The summed E-state index contributed by atoms with van der Waals surface area (Å²) in [6, 6.07) is 28.7. The van der Waals surface area contributed by atoms with Crippen molar-refractivity contribution in [3.8, 4) is 28.0 Å². The first kappa shape index (κ1) is 19.0. The van der Waals surface area contributed by atoms with Crippen molar-refractivity contribution in [3.63, 3.8) is 0 Å². The van der Waals surface area contributed by atoms with Crippen molar-refractivity contribution in [3.05, 3.63) is 101 Å². The van der Waals surface area contributed by atoms with Gasteiger partial charge in [0.2, 0.25) is 0 Å². The standard InChI is InChI=1S/C25H20O3S/c26-25(27)17-28-22-12-10-20(11-13-22)19-6-8-21(9-7-19)23-14-15-29-24(23)16-18-4-2-1-3-5-18/h1-15H,16-17H2,(H,26,27). The molecule has 1 aromatic heterocycles. The summed E-state index contributed by atoms with van der Waals surface area (Å²) in [4.78, 5) is 12.0. The second-order valence-electron chi connectivity index (χ2n) is 6.70. The van der Waals surface area contributed by atoms with Crippen molar-refractivity contribution in [1.29, 1.82) is 0 Å². The molecule has 0 saturated heterocycles. The third-order valence-electron chi connectivity index (χ3n) is 4.70. The quantitative estimate of drug-likeness (QED) is 0.405. The van der Waals surface area contributed by atoms with E-state index in [0.717, 1.165) is 17.5 Å². The van der Waals surface area contributed by atoms with Gasteiger partial charge in [-0.25, -0.2) is 4.79 Å². The Morgan fingerprint density at radius 3 is 2.07 bits per heavy atom. The average Bonchev–Trinajstić information content (AvgIpc) is 3.21. The van der Waals surface area contributed by atoms with Crippen LogP contribution in [0.2, 0.25) is 0 Å². The Labute approximate surface area is 173 Å². The molecule has 0 saturated carbocycles. The molecule has 0 radical (unpaired) electrons. The highest BCUT2D eigenvalue weighted by Crippen LogP contribution is 2.32. The summed E-state index contributed by atoms with van der Waals surface area (Å²) in [5, 5.41) is 10.8. The molecule has 0 unspecified atom stereocenters. The van der Waals surface area contributed by atoms with Gasteiger partial charge in [0.1, 0.15) is 5.75 Å². The maximum Gasteiger partial charge on any atom is 0.341 e. The van der Waals surface area contributed by atoms with Crippen LogP contribution >= 0.6 is 11.3 Å². The Morgan fingerprint density at radius 1 is 0.793 bits per heavy atom. The third kappa shape index (κ3) is 4.73. The lowest BCUT2D eigenvalue weighted by Crippen LogP contribution is -2.09. The molecular weight excluding hydrogens is 380 g/mol. The predicted molar refractivity (Wildman–Crippen MR) is 118 cm³/mol. The van der Waals surface area contributed by atoms with E-state index in [0.29, 0.717) is 5.75 Å². The highest BCUT2D eigenvalue weighted by atomic mass is 32.1. The summed E-state index contributed by atoms with van der Waals surface area (Å²) in [6.07, 6.45) is 0.938. The Bertz CT molecular complexity index is 1080. The molecule has 4 heteroatoms. The molecule has 3 nitrogen and oxygen atoms in total. The van der Waals surface area contributed by atoms with E-state index in [1.54, 1.807) is 23.5 Å². The first-order valence-corrected chi connectivity index (χ1v) is 10.2. The number of hydrogen-bond donors (Lipinski definition) is 1. The smallest absolute Gasteiger partial charge is 0.341 e. The molecule has 4 rings (SSSR count). The summed E-state index contributed by atoms with van der Waals surface area (Å²) in [6.45, 7) is -0.333. The van der Waals surface area contributed by atoms with Gasteiger partial charge in [0.25, 0.3) is 0 Å². The Hall–Kier alpha value is -3.37. The van der Waals surface area contributed by atoms with Crippen LogP contribution in [-0.4, -0.2) is 17.7 Å². The van der Waals surface area contributed by atoms with Crippen molar-refractivity contribution in [2.45, 2.75) is 6.42 Å². The predicted octanol–water partition coefficient (Wildman–Crippen LogP) is 6.14. The molecule has 3 aromatic carbocycles. The van der Waals surface area contributed by atoms with Crippen LogP contribution < -0.4 is 4.74 Å². The maximum atomic E-state index is 10.6. The number of benzene rings is 3. The molecule has 144 valence electrons.